The number of anilines is 2. The number of rotatable bonds is 9. The number of amides is 2. The number of hydrogen-bond donors (Lipinski definition) is 3. The van der Waals surface area contributed by atoms with E-state index in [0.717, 1.165) is 27.7 Å². The summed E-state index contributed by atoms with van der Waals surface area (Å²) < 4.78 is 15.6. The van der Waals surface area contributed by atoms with Crippen LogP contribution in [-0.2, 0) is 27.1 Å². The number of carbonyl (C=O) groups is 2. The maximum Gasteiger partial charge on any atom is 0.412 e. The van der Waals surface area contributed by atoms with Crippen LogP contribution in [-0.4, -0.2) is 58.2 Å². The number of aromatic hydroxyl groups is 1. The minimum Gasteiger partial charge on any atom is -0.506 e. The summed E-state index contributed by atoms with van der Waals surface area (Å²) in [5.41, 5.74) is 6.16. The third-order valence-electron chi connectivity index (χ3n) is 6.86. The lowest BCUT2D eigenvalue weighted by Crippen LogP contribution is -2.38. The second-order valence-corrected chi connectivity index (χ2v) is 10.1. The lowest BCUT2D eigenvalue weighted by atomic mass is 10.0. The predicted octanol–water partition coefficient (Wildman–Crippen LogP) is 5.46. The van der Waals surface area contributed by atoms with Gasteiger partial charge in [-0.05, 0) is 71.6 Å². The first-order valence-corrected chi connectivity index (χ1v) is 13.8. The fourth-order valence-corrected chi connectivity index (χ4v) is 4.50. The van der Waals surface area contributed by atoms with Crippen LogP contribution in [0.4, 0.5) is 21.0 Å². The molecule has 0 aliphatic carbocycles. The topological polar surface area (TPSA) is 137 Å². The number of aromatic nitrogens is 3. The maximum absolute atomic E-state index is 12.4. The van der Waals surface area contributed by atoms with Gasteiger partial charge in [0.05, 0.1) is 19.8 Å². The summed E-state index contributed by atoms with van der Waals surface area (Å²) in [5.74, 6) is 0.0532. The van der Waals surface area contributed by atoms with Gasteiger partial charge in [0.2, 0.25) is 0 Å². The number of fused-ring (bicyclic) bond motifs is 1. The van der Waals surface area contributed by atoms with Crippen molar-refractivity contribution < 1.29 is 28.9 Å². The smallest absolute Gasteiger partial charge is 0.412 e. The number of ether oxygens (including phenoxy) is 3. The van der Waals surface area contributed by atoms with Crippen LogP contribution in [0.3, 0.4) is 0 Å². The Morgan fingerprint density at radius 1 is 0.814 bits per heavy atom. The number of nitrogens with one attached hydrogen (secondary N) is 2. The van der Waals surface area contributed by atoms with E-state index in [4.69, 9.17) is 14.2 Å². The largest absolute Gasteiger partial charge is 0.506 e. The lowest BCUT2D eigenvalue weighted by molar-refractivity contribution is -0.0951. The second kappa shape index (κ2) is 12.6. The van der Waals surface area contributed by atoms with E-state index in [-0.39, 0.29) is 18.5 Å². The SMILES string of the molecule is O=C(Nc1ccc(Cc2ccc(NC(=O)OC3COC3)cc2)cc1)OCCc1ccc(O)c(-n2nc3ccccc3n2)c1. The Kier molecular flexibility index (Phi) is 8.14. The number of phenols is 1. The highest BCUT2D eigenvalue weighted by atomic mass is 16.6. The van der Waals surface area contributed by atoms with Crippen molar-refractivity contribution in [2.45, 2.75) is 18.9 Å². The van der Waals surface area contributed by atoms with Crippen molar-refractivity contribution in [3.63, 3.8) is 0 Å². The molecule has 218 valence electrons. The zero-order valence-corrected chi connectivity index (χ0v) is 23.1. The van der Waals surface area contributed by atoms with Crippen LogP contribution in [0.5, 0.6) is 5.75 Å². The van der Waals surface area contributed by atoms with E-state index in [2.05, 4.69) is 20.8 Å². The molecule has 0 atom stereocenters. The van der Waals surface area contributed by atoms with Crippen molar-refractivity contribution in [3.05, 3.63) is 108 Å². The van der Waals surface area contributed by atoms with Crippen LogP contribution in [0.15, 0.2) is 91.0 Å². The molecule has 4 aromatic carbocycles. The van der Waals surface area contributed by atoms with E-state index in [0.29, 0.717) is 43.1 Å². The van der Waals surface area contributed by atoms with Gasteiger partial charge in [-0.15, -0.1) is 15.0 Å². The van der Waals surface area contributed by atoms with Gasteiger partial charge >= 0.3 is 12.2 Å². The third-order valence-corrected chi connectivity index (χ3v) is 6.86. The molecule has 0 unspecified atom stereocenters. The molecule has 0 bridgehead atoms. The molecule has 5 aromatic rings. The Balaban J connectivity index is 0.959. The predicted molar refractivity (Wildman–Crippen MR) is 160 cm³/mol. The molecular formula is C32H29N5O6. The van der Waals surface area contributed by atoms with Gasteiger partial charge < -0.3 is 19.3 Å². The first kappa shape index (κ1) is 27.7. The lowest BCUT2D eigenvalue weighted by Gasteiger charge is -2.25. The fraction of sp³-hybridized carbons (Fsp3) is 0.188. The summed E-state index contributed by atoms with van der Waals surface area (Å²) in [6, 6.07) is 27.6. The molecule has 6 rings (SSSR count). The molecule has 1 aromatic heterocycles. The van der Waals surface area contributed by atoms with Crippen molar-refractivity contribution in [1.29, 1.82) is 0 Å². The molecular weight excluding hydrogens is 550 g/mol. The quantitative estimate of drug-likeness (QED) is 0.210. The Morgan fingerprint density at radius 3 is 1.98 bits per heavy atom. The van der Waals surface area contributed by atoms with E-state index in [1.165, 1.54) is 4.80 Å². The molecule has 1 saturated heterocycles. The van der Waals surface area contributed by atoms with Crippen LogP contribution < -0.4 is 10.6 Å². The zero-order valence-electron chi connectivity index (χ0n) is 23.1. The number of carbonyl (C=O) groups excluding carboxylic acids is 2. The van der Waals surface area contributed by atoms with E-state index < -0.39 is 12.2 Å². The molecule has 1 fully saturated rings. The van der Waals surface area contributed by atoms with Crippen LogP contribution in [0.2, 0.25) is 0 Å². The van der Waals surface area contributed by atoms with Crippen LogP contribution in [0.25, 0.3) is 16.7 Å². The molecule has 2 heterocycles. The van der Waals surface area contributed by atoms with E-state index in [1.807, 2.05) is 72.8 Å². The molecule has 0 radical (unpaired) electrons. The van der Waals surface area contributed by atoms with E-state index >= 15 is 0 Å². The van der Waals surface area contributed by atoms with Gasteiger partial charge in [-0.3, -0.25) is 10.6 Å². The summed E-state index contributed by atoms with van der Waals surface area (Å²) in [7, 11) is 0. The second-order valence-electron chi connectivity index (χ2n) is 10.1. The third kappa shape index (κ3) is 7.08. The zero-order chi connectivity index (χ0) is 29.6. The molecule has 11 heteroatoms. The Hall–Kier alpha value is -5.42. The first-order valence-electron chi connectivity index (χ1n) is 13.8. The molecule has 3 N–H and O–H groups in total. The van der Waals surface area contributed by atoms with Gasteiger partial charge in [0.1, 0.15) is 22.5 Å². The van der Waals surface area contributed by atoms with Crippen molar-refractivity contribution in [2.75, 3.05) is 30.5 Å². The fourth-order valence-electron chi connectivity index (χ4n) is 4.50. The Morgan fingerprint density at radius 2 is 1.40 bits per heavy atom. The summed E-state index contributed by atoms with van der Waals surface area (Å²) in [6.07, 6.45) is -0.0861. The monoisotopic (exact) mass is 579 g/mol. The van der Waals surface area contributed by atoms with Crippen LogP contribution in [0.1, 0.15) is 16.7 Å². The minimum atomic E-state index is -0.557. The van der Waals surface area contributed by atoms with Crippen molar-refractivity contribution in [2.24, 2.45) is 0 Å². The summed E-state index contributed by atoms with van der Waals surface area (Å²) in [6.45, 7) is 1.03. The van der Waals surface area contributed by atoms with Gasteiger partial charge in [0.25, 0.3) is 0 Å². The first-order chi connectivity index (χ1) is 21.0. The van der Waals surface area contributed by atoms with Gasteiger partial charge in [-0.1, -0.05) is 42.5 Å². The summed E-state index contributed by atoms with van der Waals surface area (Å²) in [4.78, 5) is 25.6. The molecule has 11 nitrogen and oxygen atoms in total. The van der Waals surface area contributed by atoms with E-state index in [1.54, 1.807) is 18.2 Å². The van der Waals surface area contributed by atoms with Crippen LogP contribution >= 0.6 is 0 Å². The highest BCUT2D eigenvalue weighted by Gasteiger charge is 2.22. The number of hydrogen-bond acceptors (Lipinski definition) is 8. The highest BCUT2D eigenvalue weighted by Crippen LogP contribution is 2.23. The van der Waals surface area contributed by atoms with Crippen molar-refractivity contribution in [1.82, 2.24) is 15.0 Å². The number of phenolic OH excluding ortho intramolecular Hbond substituents is 1. The average Bonchev–Trinajstić information content (AvgIpc) is 3.42. The average molecular weight is 580 g/mol. The molecule has 2 amide bonds. The van der Waals surface area contributed by atoms with Gasteiger partial charge in [-0.2, -0.15) is 0 Å². The number of benzene rings is 4. The van der Waals surface area contributed by atoms with Crippen molar-refractivity contribution >= 4 is 34.6 Å². The highest BCUT2D eigenvalue weighted by molar-refractivity contribution is 5.85. The molecule has 1 aliphatic heterocycles. The Labute approximate surface area is 247 Å². The maximum atomic E-state index is 12.4. The summed E-state index contributed by atoms with van der Waals surface area (Å²) >= 11 is 0. The normalized spacial score (nSPS) is 12.8. The molecule has 1 aliphatic rings. The van der Waals surface area contributed by atoms with Crippen LogP contribution in [0, 0.1) is 0 Å². The van der Waals surface area contributed by atoms with Crippen molar-refractivity contribution in [3.8, 4) is 11.4 Å². The van der Waals surface area contributed by atoms with Gasteiger partial charge in [0, 0.05) is 17.8 Å². The minimum absolute atomic E-state index is 0.0532. The van der Waals surface area contributed by atoms with Gasteiger partial charge in [-0.25, -0.2) is 9.59 Å². The standard InChI is InChI=1S/C32H29N5O6/c38-30-14-9-23(18-29(30)37-35-27-3-1-2-4-28(27)36-37)15-16-42-31(39)33-24-10-5-21(6-11-24)17-22-7-12-25(13-8-22)34-32(40)43-26-19-41-20-26/h1-14,18,26,38H,15-17,19-20H2,(H,33,39)(H,34,40). The van der Waals surface area contributed by atoms with E-state index in [9.17, 15) is 14.7 Å². The molecule has 0 spiro atoms. The van der Waals surface area contributed by atoms with Gasteiger partial charge in [0.15, 0.2) is 6.10 Å². The Bertz CT molecular complexity index is 1700. The summed E-state index contributed by atoms with van der Waals surface area (Å²) in [5, 5.41) is 24.7. The number of nitrogens with zero attached hydrogens (tertiary/aromatic N) is 3. The molecule has 0 saturated carbocycles. The molecule has 43 heavy (non-hydrogen) atoms.